The van der Waals surface area contributed by atoms with Gasteiger partial charge in [0.2, 0.25) is 0 Å². The molecule has 2 rings (SSSR count). The van der Waals surface area contributed by atoms with Crippen LogP contribution in [0.4, 0.5) is 0 Å². The van der Waals surface area contributed by atoms with Crippen molar-refractivity contribution in [3.8, 4) is 0 Å². The van der Waals surface area contributed by atoms with Crippen molar-refractivity contribution >= 4 is 0 Å². The van der Waals surface area contributed by atoms with E-state index in [0.29, 0.717) is 0 Å². The molecular formula is C10H13NO2. The summed E-state index contributed by atoms with van der Waals surface area (Å²) in [6, 6.07) is 3.46. The monoisotopic (exact) mass is 179 g/mol. The SMILES string of the molecule is NC(C1=CCCCO1)c1ccco1. The zero-order chi connectivity index (χ0) is 9.10. The average molecular weight is 179 g/mol. The van der Waals surface area contributed by atoms with Gasteiger partial charge in [-0.2, -0.15) is 0 Å². The fourth-order valence-corrected chi connectivity index (χ4v) is 1.40. The van der Waals surface area contributed by atoms with Crippen molar-refractivity contribution in [2.24, 2.45) is 5.73 Å². The van der Waals surface area contributed by atoms with Gasteiger partial charge in [0.1, 0.15) is 17.6 Å². The van der Waals surface area contributed by atoms with Crippen LogP contribution in [-0.4, -0.2) is 6.61 Å². The minimum atomic E-state index is -0.240. The Kier molecular flexibility index (Phi) is 2.36. The summed E-state index contributed by atoms with van der Waals surface area (Å²) in [5.41, 5.74) is 5.93. The highest BCUT2D eigenvalue weighted by Gasteiger charge is 2.17. The largest absolute Gasteiger partial charge is 0.496 e. The van der Waals surface area contributed by atoms with Gasteiger partial charge in [-0.1, -0.05) is 0 Å². The van der Waals surface area contributed by atoms with Crippen molar-refractivity contribution in [1.82, 2.24) is 0 Å². The number of nitrogens with two attached hydrogens (primary N) is 1. The van der Waals surface area contributed by atoms with E-state index in [1.165, 1.54) is 0 Å². The van der Waals surface area contributed by atoms with Crippen molar-refractivity contribution in [2.45, 2.75) is 18.9 Å². The van der Waals surface area contributed by atoms with Gasteiger partial charge in [0.15, 0.2) is 0 Å². The Balaban J connectivity index is 2.12. The van der Waals surface area contributed by atoms with Gasteiger partial charge in [-0.25, -0.2) is 0 Å². The zero-order valence-corrected chi connectivity index (χ0v) is 7.40. The van der Waals surface area contributed by atoms with Crippen molar-refractivity contribution in [3.05, 3.63) is 36.0 Å². The molecule has 0 aromatic carbocycles. The van der Waals surface area contributed by atoms with E-state index in [0.717, 1.165) is 31.0 Å². The number of hydrogen-bond donors (Lipinski definition) is 1. The first kappa shape index (κ1) is 8.38. The number of furan rings is 1. The highest BCUT2D eigenvalue weighted by atomic mass is 16.5. The second-order valence-electron chi connectivity index (χ2n) is 3.09. The Hall–Kier alpha value is -1.22. The maximum atomic E-state index is 5.93. The molecule has 1 aromatic rings. The quantitative estimate of drug-likeness (QED) is 0.755. The molecular weight excluding hydrogens is 166 g/mol. The minimum absolute atomic E-state index is 0.240. The molecule has 1 aromatic heterocycles. The summed E-state index contributed by atoms with van der Waals surface area (Å²) in [5.74, 6) is 1.59. The predicted octanol–water partition coefficient (Wildman–Crippen LogP) is 1.97. The Morgan fingerprint density at radius 3 is 3.00 bits per heavy atom. The Bertz CT molecular complexity index is 290. The smallest absolute Gasteiger partial charge is 0.128 e. The number of ether oxygens (including phenoxy) is 1. The van der Waals surface area contributed by atoms with Gasteiger partial charge in [0.05, 0.1) is 12.9 Å². The molecule has 0 fully saturated rings. The molecule has 2 heterocycles. The minimum Gasteiger partial charge on any atom is -0.496 e. The van der Waals surface area contributed by atoms with E-state index >= 15 is 0 Å². The first-order valence-corrected chi connectivity index (χ1v) is 4.50. The van der Waals surface area contributed by atoms with Crippen LogP contribution in [0.1, 0.15) is 24.6 Å². The van der Waals surface area contributed by atoms with E-state index in [1.807, 2.05) is 18.2 Å². The molecule has 3 nitrogen and oxygen atoms in total. The van der Waals surface area contributed by atoms with Gasteiger partial charge < -0.3 is 14.9 Å². The molecule has 1 atom stereocenters. The van der Waals surface area contributed by atoms with Gasteiger partial charge in [-0.05, 0) is 31.1 Å². The van der Waals surface area contributed by atoms with Crippen molar-refractivity contribution in [3.63, 3.8) is 0 Å². The van der Waals surface area contributed by atoms with E-state index in [1.54, 1.807) is 6.26 Å². The van der Waals surface area contributed by atoms with E-state index in [2.05, 4.69) is 0 Å². The maximum Gasteiger partial charge on any atom is 0.128 e. The third kappa shape index (κ3) is 1.75. The van der Waals surface area contributed by atoms with E-state index in [-0.39, 0.29) is 6.04 Å². The normalized spacial score (nSPS) is 19.0. The summed E-state index contributed by atoms with van der Waals surface area (Å²) in [4.78, 5) is 0. The third-order valence-electron chi connectivity index (χ3n) is 2.12. The summed E-state index contributed by atoms with van der Waals surface area (Å²) in [6.07, 6.45) is 5.79. The molecule has 1 aliphatic rings. The molecule has 0 saturated heterocycles. The first-order valence-electron chi connectivity index (χ1n) is 4.50. The average Bonchev–Trinajstić information content (AvgIpc) is 2.71. The van der Waals surface area contributed by atoms with Crippen LogP contribution < -0.4 is 5.73 Å². The summed E-state index contributed by atoms with van der Waals surface area (Å²) in [5, 5.41) is 0. The van der Waals surface area contributed by atoms with Gasteiger partial charge in [-0.15, -0.1) is 0 Å². The molecule has 0 bridgehead atoms. The van der Waals surface area contributed by atoms with Crippen LogP contribution in [0, 0.1) is 0 Å². The molecule has 0 amide bonds. The first-order chi connectivity index (χ1) is 6.38. The lowest BCUT2D eigenvalue weighted by atomic mass is 10.1. The molecule has 3 heteroatoms. The number of allylic oxidation sites excluding steroid dienone is 1. The van der Waals surface area contributed by atoms with Crippen LogP contribution in [0.25, 0.3) is 0 Å². The second kappa shape index (κ2) is 3.66. The van der Waals surface area contributed by atoms with Crippen LogP contribution in [0.3, 0.4) is 0 Å². The van der Waals surface area contributed by atoms with Gasteiger partial charge in [-0.3, -0.25) is 0 Å². The standard InChI is InChI=1S/C10H13NO2/c11-10(9-5-3-7-13-9)8-4-1-2-6-12-8/h3-5,7,10H,1-2,6,11H2. The van der Waals surface area contributed by atoms with Crippen LogP contribution in [0.5, 0.6) is 0 Å². The summed E-state index contributed by atoms with van der Waals surface area (Å²) in [6.45, 7) is 0.764. The van der Waals surface area contributed by atoms with E-state index < -0.39 is 0 Å². The van der Waals surface area contributed by atoms with Gasteiger partial charge in [0.25, 0.3) is 0 Å². The number of rotatable bonds is 2. The third-order valence-corrected chi connectivity index (χ3v) is 2.12. The topological polar surface area (TPSA) is 48.4 Å². The Morgan fingerprint density at radius 1 is 1.46 bits per heavy atom. The van der Waals surface area contributed by atoms with Crippen molar-refractivity contribution in [2.75, 3.05) is 6.61 Å². The Labute approximate surface area is 77.2 Å². The van der Waals surface area contributed by atoms with Crippen LogP contribution >= 0.6 is 0 Å². The number of hydrogen-bond acceptors (Lipinski definition) is 3. The summed E-state index contributed by atoms with van der Waals surface area (Å²) in [7, 11) is 0. The van der Waals surface area contributed by atoms with Crippen LogP contribution in [0.2, 0.25) is 0 Å². The summed E-state index contributed by atoms with van der Waals surface area (Å²) < 4.78 is 10.6. The van der Waals surface area contributed by atoms with Crippen molar-refractivity contribution < 1.29 is 9.15 Å². The molecule has 1 unspecified atom stereocenters. The molecule has 1 aliphatic heterocycles. The lowest BCUT2D eigenvalue weighted by Crippen LogP contribution is -2.17. The van der Waals surface area contributed by atoms with Crippen molar-refractivity contribution in [1.29, 1.82) is 0 Å². The second-order valence-corrected chi connectivity index (χ2v) is 3.09. The fraction of sp³-hybridized carbons (Fsp3) is 0.400. The molecule has 13 heavy (non-hydrogen) atoms. The van der Waals surface area contributed by atoms with Crippen LogP contribution in [0.15, 0.2) is 34.6 Å². The van der Waals surface area contributed by atoms with E-state index in [4.69, 9.17) is 14.9 Å². The molecule has 0 aliphatic carbocycles. The fourth-order valence-electron chi connectivity index (χ4n) is 1.40. The predicted molar refractivity (Wildman–Crippen MR) is 48.9 cm³/mol. The van der Waals surface area contributed by atoms with Gasteiger partial charge in [0, 0.05) is 0 Å². The Morgan fingerprint density at radius 2 is 2.38 bits per heavy atom. The highest BCUT2D eigenvalue weighted by molar-refractivity contribution is 5.16. The molecule has 0 saturated carbocycles. The molecule has 2 N–H and O–H groups in total. The lowest BCUT2D eigenvalue weighted by Gasteiger charge is -2.18. The molecule has 70 valence electrons. The molecule has 0 radical (unpaired) electrons. The van der Waals surface area contributed by atoms with Crippen LogP contribution in [-0.2, 0) is 4.74 Å². The maximum absolute atomic E-state index is 5.93. The molecule has 0 spiro atoms. The van der Waals surface area contributed by atoms with E-state index in [9.17, 15) is 0 Å². The highest BCUT2D eigenvalue weighted by Crippen LogP contribution is 2.23. The summed E-state index contributed by atoms with van der Waals surface area (Å²) >= 11 is 0. The lowest BCUT2D eigenvalue weighted by molar-refractivity contribution is 0.171. The van der Waals surface area contributed by atoms with Gasteiger partial charge >= 0.3 is 0 Å². The zero-order valence-electron chi connectivity index (χ0n) is 7.40.